The van der Waals surface area contributed by atoms with Crippen LogP contribution in [0.4, 0.5) is 0 Å². The molecule has 20 heavy (non-hydrogen) atoms. The molecule has 0 unspecified atom stereocenters. The quantitative estimate of drug-likeness (QED) is 0.850. The van der Waals surface area contributed by atoms with Crippen molar-refractivity contribution in [1.82, 2.24) is 4.90 Å². The third kappa shape index (κ3) is 4.46. The van der Waals surface area contributed by atoms with Crippen molar-refractivity contribution < 1.29 is 5.11 Å². The van der Waals surface area contributed by atoms with E-state index in [9.17, 15) is 5.11 Å². The summed E-state index contributed by atoms with van der Waals surface area (Å²) in [6.07, 6.45) is -0.0123. The van der Waals surface area contributed by atoms with Gasteiger partial charge in [0.05, 0.1) is 6.07 Å². The lowest BCUT2D eigenvalue weighted by Crippen LogP contribution is -2.29. The van der Waals surface area contributed by atoms with Crippen molar-refractivity contribution in [3.8, 4) is 6.07 Å². The van der Waals surface area contributed by atoms with Crippen LogP contribution in [0.3, 0.4) is 0 Å². The minimum absolute atomic E-state index is 0.476. The first-order valence-corrected chi connectivity index (χ1v) is 7.52. The maximum absolute atomic E-state index is 10.2. The zero-order valence-electron chi connectivity index (χ0n) is 11.3. The van der Waals surface area contributed by atoms with E-state index in [1.165, 1.54) is 5.56 Å². The molecule has 0 radical (unpaired) electrons. The fraction of sp³-hybridized carbons (Fsp3) is 0.312. The van der Waals surface area contributed by atoms with E-state index in [2.05, 4.69) is 23.1 Å². The second-order valence-electron chi connectivity index (χ2n) is 4.66. The van der Waals surface area contributed by atoms with Crippen LogP contribution in [0.2, 0.25) is 0 Å². The summed E-state index contributed by atoms with van der Waals surface area (Å²) in [5, 5.41) is 21.0. The van der Waals surface area contributed by atoms with Crippen LogP contribution in [-0.2, 0) is 6.54 Å². The highest BCUT2D eigenvalue weighted by atomic mass is 32.1. The number of rotatable bonds is 7. The highest BCUT2D eigenvalue weighted by Crippen LogP contribution is 2.20. The van der Waals surface area contributed by atoms with Gasteiger partial charge in [0, 0.05) is 30.9 Å². The summed E-state index contributed by atoms with van der Waals surface area (Å²) in [7, 11) is 0. The fourth-order valence-electron chi connectivity index (χ4n) is 2.10. The zero-order valence-corrected chi connectivity index (χ0v) is 12.1. The molecule has 4 heteroatoms. The Hall–Kier alpha value is -1.67. The van der Waals surface area contributed by atoms with Crippen LogP contribution in [0.15, 0.2) is 47.8 Å². The van der Waals surface area contributed by atoms with Crippen LogP contribution in [0.1, 0.15) is 23.0 Å². The summed E-state index contributed by atoms with van der Waals surface area (Å²) in [6, 6.07) is 16.2. The first-order chi connectivity index (χ1) is 9.79. The van der Waals surface area contributed by atoms with E-state index in [0.29, 0.717) is 19.5 Å². The molecule has 104 valence electrons. The molecule has 0 saturated heterocycles. The average molecular weight is 286 g/mol. The monoisotopic (exact) mass is 286 g/mol. The topological polar surface area (TPSA) is 47.3 Å². The van der Waals surface area contributed by atoms with E-state index in [1.807, 2.05) is 35.7 Å². The Morgan fingerprint density at radius 3 is 2.65 bits per heavy atom. The third-order valence-corrected chi connectivity index (χ3v) is 4.07. The second kappa shape index (κ2) is 7.81. The Morgan fingerprint density at radius 2 is 2.00 bits per heavy atom. The molecule has 0 aliphatic heterocycles. The van der Waals surface area contributed by atoms with Crippen LogP contribution < -0.4 is 0 Å². The summed E-state index contributed by atoms with van der Waals surface area (Å²) in [5.41, 5.74) is 1.20. The van der Waals surface area contributed by atoms with E-state index in [4.69, 9.17) is 5.26 Å². The number of aliphatic hydroxyl groups excluding tert-OH is 1. The third-order valence-electron chi connectivity index (χ3n) is 3.09. The van der Waals surface area contributed by atoms with Gasteiger partial charge in [-0.1, -0.05) is 36.4 Å². The van der Waals surface area contributed by atoms with Crippen molar-refractivity contribution in [2.75, 3.05) is 13.1 Å². The molecule has 0 amide bonds. The van der Waals surface area contributed by atoms with Gasteiger partial charge in [0.2, 0.25) is 0 Å². The first kappa shape index (κ1) is 14.7. The maximum Gasteiger partial charge on any atom is 0.101 e. The van der Waals surface area contributed by atoms with Gasteiger partial charge >= 0.3 is 0 Å². The van der Waals surface area contributed by atoms with Crippen molar-refractivity contribution >= 4 is 11.3 Å². The summed E-state index contributed by atoms with van der Waals surface area (Å²) in [4.78, 5) is 3.10. The molecule has 0 aliphatic carbocycles. The molecule has 2 aromatic rings. The largest absolute Gasteiger partial charge is 0.386 e. The van der Waals surface area contributed by atoms with Gasteiger partial charge in [-0.15, -0.1) is 11.3 Å². The first-order valence-electron chi connectivity index (χ1n) is 6.64. The van der Waals surface area contributed by atoms with Crippen LogP contribution in [0.5, 0.6) is 0 Å². The predicted molar refractivity (Wildman–Crippen MR) is 81.2 cm³/mol. The van der Waals surface area contributed by atoms with Crippen molar-refractivity contribution in [2.24, 2.45) is 0 Å². The van der Waals surface area contributed by atoms with Gasteiger partial charge in [0.15, 0.2) is 0 Å². The number of nitriles is 1. The van der Waals surface area contributed by atoms with Crippen LogP contribution in [-0.4, -0.2) is 23.1 Å². The van der Waals surface area contributed by atoms with Gasteiger partial charge in [-0.05, 0) is 17.0 Å². The minimum Gasteiger partial charge on any atom is -0.386 e. The number of nitrogens with zero attached hydrogens (tertiary/aromatic N) is 2. The lowest BCUT2D eigenvalue weighted by Gasteiger charge is -2.23. The number of aliphatic hydroxyl groups is 1. The molecule has 1 aromatic heterocycles. The summed E-state index contributed by atoms with van der Waals surface area (Å²) in [6.45, 7) is 1.98. The number of hydrogen-bond acceptors (Lipinski definition) is 4. The molecule has 1 N–H and O–H groups in total. The maximum atomic E-state index is 10.2. The normalized spacial score (nSPS) is 12.2. The fourth-order valence-corrected chi connectivity index (χ4v) is 2.80. The van der Waals surface area contributed by atoms with E-state index in [1.54, 1.807) is 11.3 Å². The van der Waals surface area contributed by atoms with E-state index in [-0.39, 0.29) is 0 Å². The highest BCUT2D eigenvalue weighted by molar-refractivity contribution is 7.10. The molecular weight excluding hydrogens is 268 g/mol. The molecule has 0 fully saturated rings. The van der Waals surface area contributed by atoms with Gasteiger partial charge in [-0.25, -0.2) is 0 Å². The summed E-state index contributed by atoms with van der Waals surface area (Å²) >= 11 is 1.56. The molecule has 1 atom stereocenters. The van der Waals surface area contributed by atoms with Crippen LogP contribution in [0, 0.1) is 11.3 Å². The van der Waals surface area contributed by atoms with Crippen molar-refractivity contribution in [1.29, 1.82) is 5.26 Å². The average Bonchev–Trinajstić information content (AvgIpc) is 3.00. The molecule has 0 spiro atoms. The molecule has 2 rings (SSSR count). The Balaban J connectivity index is 1.98. The number of hydrogen-bond donors (Lipinski definition) is 1. The lowest BCUT2D eigenvalue weighted by atomic mass is 10.2. The van der Waals surface area contributed by atoms with Crippen LogP contribution >= 0.6 is 11.3 Å². The Morgan fingerprint density at radius 1 is 1.20 bits per heavy atom. The lowest BCUT2D eigenvalue weighted by molar-refractivity contribution is 0.113. The molecule has 0 saturated carbocycles. The predicted octanol–water partition coefficient (Wildman–Crippen LogP) is 3.20. The van der Waals surface area contributed by atoms with Crippen LogP contribution in [0.25, 0.3) is 0 Å². The van der Waals surface area contributed by atoms with Gasteiger partial charge in [0.25, 0.3) is 0 Å². The standard InChI is InChI=1S/C16H18N2OS/c17-9-5-10-18(12-14-6-2-1-3-7-14)13-15(19)16-8-4-11-20-16/h1-4,6-8,11,15,19H,5,10,12-13H2/t15-/m1/s1. The molecule has 1 heterocycles. The Bertz CT molecular complexity index is 533. The van der Waals surface area contributed by atoms with E-state index in [0.717, 1.165) is 11.4 Å². The van der Waals surface area contributed by atoms with Gasteiger partial charge in [0.1, 0.15) is 6.10 Å². The number of benzene rings is 1. The highest BCUT2D eigenvalue weighted by Gasteiger charge is 2.14. The van der Waals surface area contributed by atoms with Gasteiger partial charge < -0.3 is 5.11 Å². The molecule has 0 bridgehead atoms. The molecular formula is C16H18N2OS. The zero-order chi connectivity index (χ0) is 14.2. The molecule has 1 aromatic carbocycles. The van der Waals surface area contributed by atoms with Gasteiger partial charge in [-0.2, -0.15) is 5.26 Å². The molecule has 3 nitrogen and oxygen atoms in total. The van der Waals surface area contributed by atoms with E-state index >= 15 is 0 Å². The molecule has 0 aliphatic rings. The SMILES string of the molecule is N#CCCN(Cc1ccccc1)C[C@@H](O)c1cccs1. The second-order valence-corrected chi connectivity index (χ2v) is 5.64. The Kier molecular flexibility index (Phi) is 5.75. The minimum atomic E-state index is -0.489. The van der Waals surface area contributed by atoms with Gasteiger partial charge in [-0.3, -0.25) is 4.90 Å². The van der Waals surface area contributed by atoms with Crippen molar-refractivity contribution in [2.45, 2.75) is 19.1 Å². The summed E-state index contributed by atoms with van der Waals surface area (Å²) in [5.74, 6) is 0. The summed E-state index contributed by atoms with van der Waals surface area (Å²) < 4.78 is 0. The van der Waals surface area contributed by atoms with Crippen molar-refractivity contribution in [3.05, 3.63) is 58.3 Å². The number of thiophene rings is 1. The van der Waals surface area contributed by atoms with E-state index < -0.39 is 6.10 Å². The Labute approximate surface area is 123 Å². The van der Waals surface area contributed by atoms with Crippen molar-refractivity contribution in [3.63, 3.8) is 0 Å². The smallest absolute Gasteiger partial charge is 0.101 e.